The smallest absolute Gasteiger partial charge is 0.410 e. The third-order valence-corrected chi connectivity index (χ3v) is 3.19. The van der Waals surface area contributed by atoms with E-state index >= 15 is 0 Å². The van der Waals surface area contributed by atoms with Gasteiger partial charge in [-0.3, -0.25) is 0 Å². The largest absolute Gasteiger partial charge is 0.444 e. The molecule has 0 bridgehead atoms. The Labute approximate surface area is 117 Å². The standard InChI is InChI=1S/C13H19N3O2S/c1-13(2,3)18-12(17)16-7-9(6-10(14)8-16)11-4-5-19-15-11/h4-6,10H,7-8,14H2,1-3H3. The van der Waals surface area contributed by atoms with Crippen molar-refractivity contribution in [2.75, 3.05) is 13.1 Å². The molecule has 6 heteroatoms. The molecule has 0 fully saturated rings. The molecule has 1 amide bonds. The second-order valence-corrected chi connectivity index (χ2v) is 6.27. The van der Waals surface area contributed by atoms with E-state index in [1.807, 2.05) is 38.3 Å². The van der Waals surface area contributed by atoms with Gasteiger partial charge in [0, 0.05) is 18.0 Å². The zero-order valence-electron chi connectivity index (χ0n) is 11.4. The van der Waals surface area contributed by atoms with Crippen molar-refractivity contribution in [1.29, 1.82) is 0 Å². The first-order valence-electron chi connectivity index (χ1n) is 6.20. The van der Waals surface area contributed by atoms with Crippen LogP contribution in [0.15, 0.2) is 17.5 Å². The third-order valence-electron chi connectivity index (χ3n) is 2.63. The van der Waals surface area contributed by atoms with Crippen LogP contribution in [0.3, 0.4) is 0 Å². The average molecular weight is 281 g/mol. The number of carbonyl (C=O) groups excluding carboxylic acids is 1. The molecule has 1 aromatic heterocycles. The van der Waals surface area contributed by atoms with Crippen molar-refractivity contribution >= 4 is 23.2 Å². The summed E-state index contributed by atoms with van der Waals surface area (Å²) in [4.78, 5) is 13.7. The molecule has 5 nitrogen and oxygen atoms in total. The van der Waals surface area contributed by atoms with Crippen molar-refractivity contribution in [3.8, 4) is 0 Å². The fourth-order valence-corrected chi connectivity index (χ4v) is 2.44. The predicted molar refractivity (Wildman–Crippen MR) is 75.9 cm³/mol. The molecule has 0 saturated heterocycles. The highest BCUT2D eigenvalue weighted by atomic mass is 32.1. The predicted octanol–water partition coefficient (Wildman–Crippen LogP) is 2.10. The Kier molecular flexibility index (Phi) is 3.91. The summed E-state index contributed by atoms with van der Waals surface area (Å²) in [7, 11) is 0. The molecule has 0 aromatic carbocycles. The number of aromatic nitrogens is 1. The molecular weight excluding hydrogens is 262 g/mol. The van der Waals surface area contributed by atoms with Crippen molar-refractivity contribution < 1.29 is 9.53 Å². The maximum atomic E-state index is 12.1. The van der Waals surface area contributed by atoms with Crippen LogP contribution >= 0.6 is 11.5 Å². The molecule has 19 heavy (non-hydrogen) atoms. The normalized spacial score (nSPS) is 20.1. The van der Waals surface area contributed by atoms with Crippen LogP contribution in [0.5, 0.6) is 0 Å². The molecule has 1 atom stereocenters. The molecule has 1 aromatic rings. The maximum absolute atomic E-state index is 12.1. The van der Waals surface area contributed by atoms with Crippen LogP contribution in [0.1, 0.15) is 26.5 Å². The van der Waals surface area contributed by atoms with Crippen molar-refractivity contribution in [3.05, 3.63) is 23.2 Å². The lowest BCUT2D eigenvalue weighted by Crippen LogP contribution is -2.46. The van der Waals surface area contributed by atoms with Crippen molar-refractivity contribution in [2.24, 2.45) is 5.73 Å². The van der Waals surface area contributed by atoms with Gasteiger partial charge in [0.2, 0.25) is 0 Å². The number of rotatable bonds is 1. The lowest BCUT2D eigenvalue weighted by molar-refractivity contribution is 0.0265. The van der Waals surface area contributed by atoms with Crippen LogP contribution in [0.2, 0.25) is 0 Å². The zero-order chi connectivity index (χ0) is 14.0. The van der Waals surface area contributed by atoms with Crippen LogP contribution in [-0.4, -0.2) is 40.1 Å². The Morgan fingerprint density at radius 3 is 2.89 bits per heavy atom. The monoisotopic (exact) mass is 281 g/mol. The fraction of sp³-hybridized carbons (Fsp3) is 0.538. The van der Waals surface area contributed by atoms with Gasteiger partial charge in [0.05, 0.1) is 12.2 Å². The quantitative estimate of drug-likeness (QED) is 0.856. The van der Waals surface area contributed by atoms with E-state index in [1.54, 1.807) is 4.90 Å². The van der Waals surface area contributed by atoms with Gasteiger partial charge in [0.15, 0.2) is 0 Å². The van der Waals surface area contributed by atoms with Crippen LogP contribution in [-0.2, 0) is 4.74 Å². The van der Waals surface area contributed by atoms with Gasteiger partial charge in [0.1, 0.15) is 5.60 Å². The molecule has 1 aliphatic rings. The van der Waals surface area contributed by atoms with Crippen molar-refractivity contribution in [2.45, 2.75) is 32.4 Å². The van der Waals surface area contributed by atoms with Gasteiger partial charge in [-0.05, 0) is 43.9 Å². The first-order valence-corrected chi connectivity index (χ1v) is 7.04. The SMILES string of the molecule is CC(C)(C)OC(=O)N1CC(c2ccsn2)=CC(N)C1. The van der Waals surface area contributed by atoms with Gasteiger partial charge in [-0.15, -0.1) is 0 Å². The number of nitrogens with zero attached hydrogens (tertiary/aromatic N) is 2. The van der Waals surface area contributed by atoms with Crippen LogP contribution in [0, 0.1) is 0 Å². The molecule has 2 N–H and O–H groups in total. The highest BCUT2D eigenvalue weighted by molar-refractivity contribution is 7.03. The first-order chi connectivity index (χ1) is 8.85. The molecule has 104 valence electrons. The summed E-state index contributed by atoms with van der Waals surface area (Å²) in [6.07, 6.45) is 1.64. The molecule has 1 unspecified atom stereocenters. The average Bonchev–Trinajstić information content (AvgIpc) is 2.79. The van der Waals surface area contributed by atoms with E-state index in [4.69, 9.17) is 10.5 Å². The Balaban J connectivity index is 2.10. The minimum Gasteiger partial charge on any atom is -0.444 e. The summed E-state index contributed by atoms with van der Waals surface area (Å²) < 4.78 is 9.66. The summed E-state index contributed by atoms with van der Waals surface area (Å²) in [5.74, 6) is 0. The Bertz CT molecular complexity index is 477. The van der Waals surface area contributed by atoms with Gasteiger partial charge in [-0.2, -0.15) is 4.37 Å². The highest BCUT2D eigenvalue weighted by Crippen LogP contribution is 2.21. The Morgan fingerprint density at radius 2 is 2.32 bits per heavy atom. The summed E-state index contributed by atoms with van der Waals surface area (Å²) in [5.41, 5.74) is 7.34. The number of carbonyl (C=O) groups is 1. The van der Waals surface area contributed by atoms with Crippen LogP contribution in [0.4, 0.5) is 4.79 Å². The van der Waals surface area contributed by atoms with Crippen LogP contribution in [0.25, 0.3) is 5.57 Å². The fourth-order valence-electron chi connectivity index (χ4n) is 1.90. The maximum Gasteiger partial charge on any atom is 0.410 e. The van der Waals surface area contributed by atoms with Gasteiger partial charge >= 0.3 is 6.09 Å². The van der Waals surface area contributed by atoms with E-state index in [0.717, 1.165) is 11.3 Å². The summed E-state index contributed by atoms with van der Waals surface area (Å²) in [6, 6.07) is 1.75. The molecule has 2 rings (SSSR count). The second kappa shape index (κ2) is 5.30. The van der Waals surface area contributed by atoms with E-state index in [9.17, 15) is 4.79 Å². The second-order valence-electron chi connectivity index (χ2n) is 5.60. The van der Waals surface area contributed by atoms with Crippen molar-refractivity contribution in [1.82, 2.24) is 9.27 Å². The van der Waals surface area contributed by atoms with Crippen LogP contribution < -0.4 is 5.73 Å². The van der Waals surface area contributed by atoms with E-state index < -0.39 is 5.60 Å². The van der Waals surface area contributed by atoms with E-state index in [0.29, 0.717) is 13.1 Å². The summed E-state index contributed by atoms with van der Waals surface area (Å²) in [5, 5.41) is 1.91. The number of ether oxygens (including phenoxy) is 1. The number of hydrogen-bond acceptors (Lipinski definition) is 5. The molecule has 0 saturated carbocycles. The summed E-state index contributed by atoms with van der Waals surface area (Å²) >= 11 is 1.39. The Hall–Kier alpha value is -1.40. The van der Waals surface area contributed by atoms with Gasteiger partial charge in [0.25, 0.3) is 0 Å². The minimum absolute atomic E-state index is 0.182. The first kappa shape index (κ1) is 14.0. The lowest BCUT2D eigenvalue weighted by Gasteiger charge is -2.32. The summed E-state index contributed by atoms with van der Waals surface area (Å²) in [6.45, 7) is 6.53. The minimum atomic E-state index is -0.497. The molecular formula is C13H19N3O2S. The topological polar surface area (TPSA) is 68.5 Å². The molecule has 0 spiro atoms. The van der Waals surface area contributed by atoms with E-state index in [2.05, 4.69) is 4.37 Å². The molecule has 0 radical (unpaired) electrons. The third kappa shape index (κ3) is 3.78. The van der Waals surface area contributed by atoms with Gasteiger partial charge < -0.3 is 15.4 Å². The van der Waals surface area contributed by atoms with Gasteiger partial charge in [-0.1, -0.05) is 6.08 Å². The lowest BCUT2D eigenvalue weighted by atomic mass is 10.0. The van der Waals surface area contributed by atoms with E-state index in [1.165, 1.54) is 11.5 Å². The molecule has 0 aliphatic carbocycles. The highest BCUT2D eigenvalue weighted by Gasteiger charge is 2.27. The zero-order valence-corrected chi connectivity index (χ0v) is 12.2. The number of amides is 1. The van der Waals surface area contributed by atoms with Gasteiger partial charge in [-0.25, -0.2) is 4.79 Å². The number of nitrogens with two attached hydrogens (primary N) is 1. The Morgan fingerprint density at radius 1 is 1.58 bits per heavy atom. The van der Waals surface area contributed by atoms with Crippen molar-refractivity contribution in [3.63, 3.8) is 0 Å². The number of hydrogen-bond donors (Lipinski definition) is 1. The molecule has 1 aliphatic heterocycles. The van der Waals surface area contributed by atoms with E-state index in [-0.39, 0.29) is 12.1 Å². The molecule has 2 heterocycles.